The third-order valence-corrected chi connectivity index (χ3v) is 2.10. The minimum atomic E-state index is 0.432. The lowest BCUT2D eigenvalue weighted by Gasteiger charge is -2.12. The Morgan fingerprint density at radius 1 is 1.44 bits per heavy atom. The van der Waals surface area contributed by atoms with Crippen LogP contribution in [0.15, 0.2) is 30.9 Å². The zero-order valence-corrected chi connectivity index (χ0v) is 9.87. The Bertz CT molecular complexity index is 342. The van der Waals surface area contributed by atoms with Crippen LogP contribution in [0.3, 0.4) is 0 Å². The Morgan fingerprint density at radius 2 is 2.25 bits per heavy atom. The maximum atomic E-state index is 5.82. The standard InChI is InChI=1S/C12H16ClNO2/c1-2-7-15-9-10-4-3-5-11(14)12(10)16-8-6-13/h2-5H,1,6-9,14H2. The molecule has 0 aliphatic rings. The van der Waals surface area contributed by atoms with Crippen LogP contribution < -0.4 is 10.5 Å². The van der Waals surface area contributed by atoms with Crippen LogP contribution in [-0.2, 0) is 11.3 Å². The van der Waals surface area contributed by atoms with Crippen molar-refractivity contribution in [1.29, 1.82) is 0 Å². The Morgan fingerprint density at radius 3 is 2.94 bits per heavy atom. The van der Waals surface area contributed by atoms with Gasteiger partial charge in [0.1, 0.15) is 12.4 Å². The molecule has 0 amide bonds. The molecular formula is C12H16ClNO2. The summed E-state index contributed by atoms with van der Waals surface area (Å²) in [5.74, 6) is 1.09. The van der Waals surface area contributed by atoms with E-state index >= 15 is 0 Å². The van der Waals surface area contributed by atoms with Crippen LogP contribution >= 0.6 is 11.6 Å². The molecule has 0 saturated carbocycles. The van der Waals surface area contributed by atoms with Gasteiger partial charge in [-0.2, -0.15) is 0 Å². The molecule has 0 fully saturated rings. The molecule has 0 bridgehead atoms. The number of benzene rings is 1. The summed E-state index contributed by atoms with van der Waals surface area (Å²) in [6.07, 6.45) is 1.70. The van der Waals surface area contributed by atoms with Crippen LogP contribution in [-0.4, -0.2) is 19.1 Å². The summed E-state index contributed by atoms with van der Waals surface area (Å²) in [7, 11) is 0. The van der Waals surface area contributed by atoms with E-state index < -0.39 is 0 Å². The second-order valence-electron chi connectivity index (χ2n) is 3.18. The first-order valence-electron chi connectivity index (χ1n) is 5.04. The molecule has 4 heteroatoms. The lowest BCUT2D eigenvalue weighted by molar-refractivity contribution is 0.146. The average Bonchev–Trinajstić information content (AvgIpc) is 2.28. The number of rotatable bonds is 7. The van der Waals surface area contributed by atoms with Gasteiger partial charge < -0.3 is 15.2 Å². The Balaban J connectivity index is 2.72. The number of anilines is 1. The molecule has 0 saturated heterocycles. The quantitative estimate of drug-likeness (QED) is 0.345. The highest BCUT2D eigenvalue weighted by Crippen LogP contribution is 2.26. The number of nitrogen functional groups attached to an aromatic ring is 1. The number of ether oxygens (including phenoxy) is 2. The van der Waals surface area contributed by atoms with Gasteiger partial charge >= 0.3 is 0 Å². The van der Waals surface area contributed by atoms with E-state index in [1.165, 1.54) is 0 Å². The van der Waals surface area contributed by atoms with Crippen LogP contribution in [0.5, 0.6) is 5.75 Å². The first-order chi connectivity index (χ1) is 7.79. The molecule has 0 aromatic heterocycles. The van der Waals surface area contributed by atoms with Crippen molar-refractivity contribution in [3.63, 3.8) is 0 Å². The molecule has 0 aliphatic carbocycles. The summed E-state index contributed by atoms with van der Waals surface area (Å²) in [4.78, 5) is 0. The summed E-state index contributed by atoms with van der Waals surface area (Å²) in [6.45, 7) is 4.97. The van der Waals surface area contributed by atoms with Gasteiger partial charge in [0.15, 0.2) is 0 Å². The smallest absolute Gasteiger partial charge is 0.147 e. The van der Waals surface area contributed by atoms with E-state index in [1.807, 2.05) is 12.1 Å². The molecule has 1 aromatic carbocycles. The monoisotopic (exact) mass is 241 g/mol. The molecule has 0 radical (unpaired) electrons. The van der Waals surface area contributed by atoms with Crippen LogP contribution in [0.25, 0.3) is 0 Å². The maximum absolute atomic E-state index is 5.82. The highest BCUT2D eigenvalue weighted by molar-refractivity contribution is 6.18. The third-order valence-electron chi connectivity index (χ3n) is 1.94. The fraction of sp³-hybridized carbons (Fsp3) is 0.333. The second-order valence-corrected chi connectivity index (χ2v) is 3.55. The molecule has 1 aromatic rings. The molecule has 0 unspecified atom stereocenters. The first kappa shape index (κ1) is 12.9. The first-order valence-corrected chi connectivity index (χ1v) is 5.57. The van der Waals surface area contributed by atoms with E-state index in [2.05, 4.69) is 6.58 Å². The Kier molecular flexibility index (Phi) is 5.75. The predicted molar refractivity (Wildman–Crippen MR) is 66.9 cm³/mol. The number of para-hydroxylation sites is 1. The largest absolute Gasteiger partial charge is 0.490 e. The highest BCUT2D eigenvalue weighted by atomic mass is 35.5. The summed E-state index contributed by atoms with van der Waals surface area (Å²) >= 11 is 5.57. The minimum Gasteiger partial charge on any atom is -0.490 e. The van der Waals surface area contributed by atoms with Gasteiger partial charge in [0.2, 0.25) is 0 Å². The van der Waals surface area contributed by atoms with E-state index in [4.69, 9.17) is 26.8 Å². The summed E-state index contributed by atoms with van der Waals surface area (Å²) in [5, 5.41) is 0. The van der Waals surface area contributed by atoms with E-state index in [-0.39, 0.29) is 0 Å². The summed E-state index contributed by atoms with van der Waals surface area (Å²) in [6, 6.07) is 5.58. The number of nitrogens with two attached hydrogens (primary N) is 1. The zero-order valence-electron chi connectivity index (χ0n) is 9.12. The molecule has 0 aliphatic heterocycles. The molecule has 16 heavy (non-hydrogen) atoms. The van der Waals surface area contributed by atoms with E-state index in [9.17, 15) is 0 Å². The van der Waals surface area contributed by atoms with Gasteiger partial charge in [-0.25, -0.2) is 0 Å². The molecule has 1 rings (SSSR count). The summed E-state index contributed by atoms with van der Waals surface area (Å²) < 4.78 is 10.8. The molecule has 2 N–H and O–H groups in total. The normalized spacial score (nSPS) is 10.1. The van der Waals surface area contributed by atoms with Crippen LogP contribution in [0.1, 0.15) is 5.56 Å². The topological polar surface area (TPSA) is 44.5 Å². The number of hydrogen-bond acceptors (Lipinski definition) is 3. The summed E-state index contributed by atoms with van der Waals surface area (Å²) in [5.41, 5.74) is 7.35. The molecule has 3 nitrogen and oxygen atoms in total. The number of alkyl halides is 1. The van der Waals surface area contributed by atoms with Gasteiger partial charge in [-0.3, -0.25) is 0 Å². The van der Waals surface area contributed by atoms with Crippen LogP contribution in [0.4, 0.5) is 5.69 Å². The van der Waals surface area contributed by atoms with E-state index in [1.54, 1.807) is 12.1 Å². The fourth-order valence-corrected chi connectivity index (χ4v) is 1.36. The predicted octanol–water partition coefficient (Wildman–Crippen LogP) is 2.59. The zero-order chi connectivity index (χ0) is 11.8. The SMILES string of the molecule is C=CCOCc1cccc(N)c1OCCCl. The lowest BCUT2D eigenvalue weighted by atomic mass is 10.2. The van der Waals surface area contributed by atoms with Crippen molar-refractivity contribution in [2.45, 2.75) is 6.61 Å². The van der Waals surface area contributed by atoms with Gasteiger partial charge in [0.05, 0.1) is 24.8 Å². The van der Waals surface area contributed by atoms with Crippen molar-refractivity contribution in [2.24, 2.45) is 0 Å². The van der Waals surface area contributed by atoms with Gasteiger partial charge in [0, 0.05) is 5.56 Å². The highest BCUT2D eigenvalue weighted by Gasteiger charge is 2.07. The molecule has 88 valence electrons. The maximum Gasteiger partial charge on any atom is 0.147 e. The van der Waals surface area contributed by atoms with Crippen molar-refractivity contribution >= 4 is 17.3 Å². The van der Waals surface area contributed by atoms with Crippen molar-refractivity contribution in [3.8, 4) is 5.75 Å². The van der Waals surface area contributed by atoms with E-state index in [0.717, 1.165) is 5.56 Å². The van der Waals surface area contributed by atoms with E-state index in [0.29, 0.717) is 37.1 Å². The van der Waals surface area contributed by atoms with Crippen LogP contribution in [0.2, 0.25) is 0 Å². The molecule has 0 spiro atoms. The number of hydrogen-bond donors (Lipinski definition) is 1. The van der Waals surface area contributed by atoms with Crippen molar-refractivity contribution in [1.82, 2.24) is 0 Å². The third kappa shape index (κ3) is 3.76. The molecular weight excluding hydrogens is 226 g/mol. The van der Waals surface area contributed by atoms with Gasteiger partial charge in [-0.15, -0.1) is 18.2 Å². The van der Waals surface area contributed by atoms with Crippen molar-refractivity contribution in [2.75, 3.05) is 24.8 Å². The van der Waals surface area contributed by atoms with Crippen molar-refractivity contribution < 1.29 is 9.47 Å². The van der Waals surface area contributed by atoms with Gasteiger partial charge in [-0.05, 0) is 6.07 Å². The van der Waals surface area contributed by atoms with Gasteiger partial charge in [-0.1, -0.05) is 18.2 Å². The average molecular weight is 242 g/mol. The van der Waals surface area contributed by atoms with Crippen molar-refractivity contribution in [3.05, 3.63) is 36.4 Å². The van der Waals surface area contributed by atoms with Gasteiger partial charge in [0.25, 0.3) is 0 Å². The van der Waals surface area contributed by atoms with Crippen LogP contribution in [0, 0.1) is 0 Å². The fourth-order valence-electron chi connectivity index (χ4n) is 1.29. The molecule has 0 heterocycles. The minimum absolute atomic E-state index is 0.432. The Hall–Kier alpha value is -1.19. The Labute approximate surface area is 101 Å². The lowest BCUT2D eigenvalue weighted by Crippen LogP contribution is -2.05. The second kappa shape index (κ2) is 7.14. The number of halogens is 1. The molecule has 0 atom stereocenters.